The first kappa shape index (κ1) is 14.1. The van der Waals surface area contributed by atoms with E-state index >= 15 is 0 Å². The van der Waals surface area contributed by atoms with Crippen molar-refractivity contribution in [3.05, 3.63) is 46.8 Å². The van der Waals surface area contributed by atoms with Gasteiger partial charge in [0.2, 0.25) is 0 Å². The molecule has 0 radical (unpaired) electrons. The molecule has 0 aliphatic heterocycles. The van der Waals surface area contributed by atoms with Crippen molar-refractivity contribution >= 4 is 21.8 Å². The van der Waals surface area contributed by atoms with Crippen LogP contribution in [0.15, 0.2) is 24.5 Å². The number of rotatable bonds is 0. The van der Waals surface area contributed by atoms with Crippen LogP contribution in [0.5, 0.6) is 0 Å². The van der Waals surface area contributed by atoms with Crippen molar-refractivity contribution in [2.75, 3.05) is 0 Å². The minimum atomic E-state index is 0. The first-order valence-electron chi connectivity index (χ1n) is 6.20. The van der Waals surface area contributed by atoms with Gasteiger partial charge in [0.1, 0.15) is 0 Å². The second-order valence-corrected chi connectivity index (χ2v) is 4.99. The summed E-state index contributed by atoms with van der Waals surface area (Å²) >= 11 is 0. The Morgan fingerprint density at radius 3 is 1.42 bits per heavy atom. The van der Waals surface area contributed by atoms with Crippen molar-refractivity contribution in [3.63, 3.8) is 0 Å². The molecule has 0 N–H and O–H groups in total. The summed E-state index contributed by atoms with van der Waals surface area (Å²) in [6, 6.07) is 4.34. The molecule has 0 amide bonds. The van der Waals surface area contributed by atoms with Crippen molar-refractivity contribution < 1.29 is 20.1 Å². The molecule has 0 bridgehead atoms. The summed E-state index contributed by atoms with van der Waals surface area (Å²) in [4.78, 5) is 9.16. The van der Waals surface area contributed by atoms with E-state index in [2.05, 4.69) is 49.8 Å². The van der Waals surface area contributed by atoms with E-state index in [-0.39, 0.29) is 20.1 Å². The van der Waals surface area contributed by atoms with Gasteiger partial charge < -0.3 is 0 Å². The molecule has 19 heavy (non-hydrogen) atoms. The molecule has 0 aliphatic carbocycles. The molecule has 1 aromatic carbocycles. The molecular formula is C16H16IrN2+. The zero-order chi connectivity index (χ0) is 12.9. The number of aromatic nitrogens is 2. The second kappa shape index (κ2) is 4.99. The maximum Gasteiger partial charge on any atom is 1.00 e. The van der Waals surface area contributed by atoms with E-state index in [0.717, 1.165) is 11.0 Å². The van der Waals surface area contributed by atoms with E-state index in [1.807, 2.05) is 12.4 Å². The number of pyridine rings is 2. The van der Waals surface area contributed by atoms with Crippen LogP contribution in [-0.2, 0) is 20.1 Å². The van der Waals surface area contributed by atoms with Crippen LogP contribution in [0.4, 0.5) is 0 Å². The van der Waals surface area contributed by atoms with E-state index in [1.54, 1.807) is 0 Å². The molecule has 0 saturated heterocycles. The number of hydrogen-bond donors (Lipinski definition) is 0. The van der Waals surface area contributed by atoms with E-state index < -0.39 is 0 Å². The van der Waals surface area contributed by atoms with Gasteiger partial charge in [-0.1, -0.05) is 12.1 Å². The van der Waals surface area contributed by atoms with Gasteiger partial charge in [0, 0.05) is 23.2 Å². The van der Waals surface area contributed by atoms with Crippen LogP contribution in [0.3, 0.4) is 0 Å². The smallest absolute Gasteiger partial charge is 0.254 e. The molecule has 2 aromatic heterocycles. The number of nitrogens with zero attached hydrogens (tertiary/aromatic N) is 2. The molecule has 0 fully saturated rings. The predicted molar refractivity (Wildman–Crippen MR) is 76.0 cm³/mol. The van der Waals surface area contributed by atoms with Gasteiger partial charge in [0.25, 0.3) is 0 Å². The molecule has 0 aliphatic rings. The van der Waals surface area contributed by atoms with Crippen LogP contribution in [-0.4, -0.2) is 9.97 Å². The molecule has 0 spiro atoms. The van der Waals surface area contributed by atoms with Crippen LogP contribution in [0.2, 0.25) is 0 Å². The van der Waals surface area contributed by atoms with Crippen LogP contribution < -0.4 is 0 Å². The SMILES string of the molecule is Cc1cnc2c(ccc3c(C)c(C)cnc32)c1C.[Ir+]. The number of fused-ring (bicyclic) bond motifs is 3. The second-order valence-electron chi connectivity index (χ2n) is 4.99. The van der Waals surface area contributed by atoms with Gasteiger partial charge in [-0.25, -0.2) is 0 Å². The molecular weight excluding hydrogens is 412 g/mol. The average molecular weight is 429 g/mol. The van der Waals surface area contributed by atoms with Gasteiger partial charge in [0.15, 0.2) is 0 Å². The zero-order valence-electron chi connectivity index (χ0n) is 11.5. The van der Waals surface area contributed by atoms with Gasteiger partial charge in [-0.2, -0.15) is 0 Å². The number of benzene rings is 1. The van der Waals surface area contributed by atoms with E-state index in [1.165, 1.54) is 33.0 Å². The summed E-state index contributed by atoms with van der Waals surface area (Å²) in [5.74, 6) is 0. The van der Waals surface area contributed by atoms with Crippen molar-refractivity contribution in [1.82, 2.24) is 9.97 Å². The molecule has 3 rings (SSSR count). The fourth-order valence-electron chi connectivity index (χ4n) is 2.39. The first-order chi connectivity index (χ1) is 8.59. The van der Waals surface area contributed by atoms with Gasteiger partial charge >= 0.3 is 20.1 Å². The zero-order valence-corrected chi connectivity index (χ0v) is 13.9. The summed E-state index contributed by atoms with van der Waals surface area (Å²) in [6.45, 7) is 8.48. The van der Waals surface area contributed by atoms with E-state index in [4.69, 9.17) is 0 Å². The minimum Gasteiger partial charge on any atom is -0.254 e. The fourth-order valence-corrected chi connectivity index (χ4v) is 2.39. The van der Waals surface area contributed by atoms with Crippen LogP contribution >= 0.6 is 0 Å². The Kier molecular flexibility index (Phi) is 3.71. The minimum absolute atomic E-state index is 0. The van der Waals surface area contributed by atoms with Crippen LogP contribution in [0, 0.1) is 27.7 Å². The third kappa shape index (κ3) is 2.07. The Hall–Kier alpha value is -1.31. The van der Waals surface area contributed by atoms with Crippen molar-refractivity contribution in [2.45, 2.75) is 27.7 Å². The summed E-state index contributed by atoms with van der Waals surface area (Å²) in [6.07, 6.45) is 3.88. The van der Waals surface area contributed by atoms with E-state index in [0.29, 0.717) is 0 Å². The van der Waals surface area contributed by atoms with Gasteiger partial charge in [0.05, 0.1) is 11.0 Å². The Morgan fingerprint density at radius 1 is 0.684 bits per heavy atom. The molecule has 3 aromatic rings. The third-order valence-electron chi connectivity index (χ3n) is 3.92. The standard InChI is InChI=1S/C16H16N2.Ir/c1-9-7-17-15-13(11(9)3)5-6-14-12(4)10(2)8-18-16(14)15;/h5-8H,1-4H3;/q;+1. The van der Waals surface area contributed by atoms with Crippen LogP contribution in [0.25, 0.3) is 21.8 Å². The molecule has 0 atom stereocenters. The summed E-state index contributed by atoms with van der Waals surface area (Å²) in [5, 5.41) is 2.41. The van der Waals surface area contributed by atoms with Gasteiger partial charge in [-0.3, -0.25) is 9.97 Å². The summed E-state index contributed by atoms with van der Waals surface area (Å²) in [7, 11) is 0. The molecule has 2 nitrogen and oxygen atoms in total. The Morgan fingerprint density at radius 2 is 1.05 bits per heavy atom. The summed E-state index contributed by atoms with van der Waals surface area (Å²) < 4.78 is 0. The van der Waals surface area contributed by atoms with Gasteiger partial charge in [-0.15, -0.1) is 0 Å². The third-order valence-corrected chi connectivity index (χ3v) is 3.92. The first-order valence-corrected chi connectivity index (χ1v) is 6.20. The molecule has 3 heteroatoms. The maximum atomic E-state index is 4.58. The fraction of sp³-hybridized carbons (Fsp3) is 0.250. The predicted octanol–water partition coefficient (Wildman–Crippen LogP) is 4.01. The Labute approximate surface area is 126 Å². The Bertz CT molecular complexity index is 712. The molecule has 98 valence electrons. The Balaban J connectivity index is 0.00000133. The molecule has 2 heterocycles. The maximum absolute atomic E-state index is 4.58. The number of aryl methyl sites for hydroxylation is 4. The quantitative estimate of drug-likeness (QED) is 0.506. The largest absolute Gasteiger partial charge is 1.00 e. The normalized spacial score (nSPS) is 10.7. The molecule has 0 unspecified atom stereocenters. The summed E-state index contributed by atoms with van der Waals surface area (Å²) in [5.41, 5.74) is 7.07. The number of hydrogen-bond acceptors (Lipinski definition) is 2. The topological polar surface area (TPSA) is 25.8 Å². The monoisotopic (exact) mass is 429 g/mol. The molecule has 0 saturated carbocycles. The van der Waals surface area contributed by atoms with Crippen molar-refractivity contribution in [3.8, 4) is 0 Å². The van der Waals surface area contributed by atoms with Crippen LogP contribution in [0.1, 0.15) is 22.3 Å². The van der Waals surface area contributed by atoms with E-state index in [9.17, 15) is 0 Å². The van der Waals surface area contributed by atoms with Gasteiger partial charge in [-0.05, 0) is 49.9 Å². The van der Waals surface area contributed by atoms with Crippen molar-refractivity contribution in [2.24, 2.45) is 0 Å². The average Bonchev–Trinajstić information content (AvgIpc) is 2.38. The van der Waals surface area contributed by atoms with Crippen molar-refractivity contribution in [1.29, 1.82) is 0 Å².